The lowest BCUT2D eigenvalue weighted by Gasteiger charge is -2.46. The highest BCUT2D eigenvalue weighted by Gasteiger charge is 2.44. The Labute approximate surface area is 323 Å². The van der Waals surface area contributed by atoms with Crippen LogP contribution in [0.1, 0.15) is 83.2 Å². The van der Waals surface area contributed by atoms with Crippen molar-refractivity contribution in [1.82, 2.24) is 14.3 Å². The molecule has 2 aromatic carbocycles. The van der Waals surface area contributed by atoms with E-state index in [-0.39, 0.29) is 35.0 Å². The summed E-state index contributed by atoms with van der Waals surface area (Å²) in [6, 6.07) is 11.6. The molecule has 54 heavy (non-hydrogen) atoms. The summed E-state index contributed by atoms with van der Waals surface area (Å²) in [6.45, 7) is 4.61. The zero-order chi connectivity index (χ0) is 37.6. The van der Waals surface area contributed by atoms with Crippen LogP contribution in [0.2, 0.25) is 5.02 Å². The van der Waals surface area contributed by atoms with Gasteiger partial charge < -0.3 is 23.7 Å². The van der Waals surface area contributed by atoms with Gasteiger partial charge in [-0.15, -0.1) is 4.36 Å². The second-order valence-corrected chi connectivity index (χ2v) is 18.4. The summed E-state index contributed by atoms with van der Waals surface area (Å²) >= 11 is 6.47. The third-order valence-corrected chi connectivity index (χ3v) is 14.5. The maximum atomic E-state index is 14.7. The molecule has 288 valence electrons. The van der Waals surface area contributed by atoms with E-state index in [1.165, 1.54) is 11.1 Å². The molecule has 1 aromatic heterocycles. The molecule has 13 heteroatoms. The zero-order valence-electron chi connectivity index (χ0n) is 31.3. The van der Waals surface area contributed by atoms with Crippen LogP contribution < -0.4 is 14.4 Å². The molecule has 2 bridgehead atoms. The molecule has 8 rings (SSSR count). The molecule has 2 aliphatic carbocycles. The van der Waals surface area contributed by atoms with Crippen LogP contribution >= 0.6 is 11.6 Å². The number of ether oxygens (including phenoxy) is 3. The van der Waals surface area contributed by atoms with E-state index in [4.69, 9.17) is 25.8 Å². The predicted molar refractivity (Wildman–Crippen MR) is 209 cm³/mol. The van der Waals surface area contributed by atoms with Crippen molar-refractivity contribution in [3.8, 4) is 5.75 Å². The summed E-state index contributed by atoms with van der Waals surface area (Å²) in [5.41, 5.74) is 3.52. The van der Waals surface area contributed by atoms with Crippen molar-refractivity contribution in [3.63, 3.8) is 0 Å². The van der Waals surface area contributed by atoms with Gasteiger partial charge in [0.15, 0.2) is 0 Å². The molecule has 2 unspecified atom stereocenters. The number of aromatic nitrogens is 2. The summed E-state index contributed by atoms with van der Waals surface area (Å²) < 4.78 is 41.9. The Hall–Kier alpha value is -3.71. The molecular formula is C41H50ClN5O6S. The van der Waals surface area contributed by atoms with Crippen LogP contribution in [0.15, 0.2) is 59.1 Å². The SMILES string of the molecule is COC1CCn2cc(C(=O)NS3(=O)=NC(=O)c4ccc5c(c4)N(C[C@@H]4CC[C@H]4[C@@H](OC)/C=C/C[C@H](C)C3)C[C@@]3(CCCc4cc(Cl)ccc43)CO5)nc2C1. The highest BCUT2D eigenvalue weighted by molar-refractivity contribution is 7.92. The molecule has 1 spiro atoms. The normalized spacial score (nSPS) is 31.4. The van der Waals surface area contributed by atoms with Gasteiger partial charge >= 0.3 is 0 Å². The van der Waals surface area contributed by atoms with Crippen molar-refractivity contribution in [3.05, 3.63) is 88.0 Å². The molecule has 3 aliphatic heterocycles. The number of amides is 2. The van der Waals surface area contributed by atoms with Crippen LogP contribution in [-0.4, -0.2) is 77.5 Å². The van der Waals surface area contributed by atoms with Gasteiger partial charge in [-0.2, -0.15) is 0 Å². The third-order valence-electron chi connectivity index (χ3n) is 12.3. The Morgan fingerprint density at radius 2 is 2.00 bits per heavy atom. The van der Waals surface area contributed by atoms with Gasteiger partial charge in [0.2, 0.25) is 0 Å². The average molecular weight is 776 g/mol. The lowest BCUT2D eigenvalue weighted by molar-refractivity contribution is 0.0131. The number of nitrogens with one attached hydrogen (secondary N) is 1. The monoisotopic (exact) mass is 775 g/mol. The van der Waals surface area contributed by atoms with E-state index < -0.39 is 21.7 Å². The number of benzene rings is 2. The first-order valence-corrected chi connectivity index (χ1v) is 21.3. The lowest BCUT2D eigenvalue weighted by atomic mass is 9.68. The number of methoxy groups -OCH3 is 2. The van der Waals surface area contributed by atoms with Gasteiger partial charge in [-0.1, -0.05) is 36.7 Å². The van der Waals surface area contributed by atoms with Gasteiger partial charge in [-0.25, -0.2) is 9.19 Å². The molecule has 1 fully saturated rings. The molecule has 3 aromatic rings. The van der Waals surface area contributed by atoms with E-state index >= 15 is 0 Å². The molecule has 7 atom stereocenters. The van der Waals surface area contributed by atoms with Crippen molar-refractivity contribution < 1.29 is 28.0 Å². The van der Waals surface area contributed by atoms with Crippen LogP contribution in [0.5, 0.6) is 5.75 Å². The zero-order valence-corrected chi connectivity index (χ0v) is 32.9. The number of allylic oxidation sites excluding steroid dienone is 1. The fourth-order valence-electron chi connectivity index (χ4n) is 9.27. The molecule has 4 heterocycles. The van der Waals surface area contributed by atoms with Crippen LogP contribution in [0.3, 0.4) is 0 Å². The minimum absolute atomic E-state index is 0.00996. The third kappa shape index (κ3) is 7.34. The fourth-order valence-corrected chi connectivity index (χ4v) is 11.3. The molecular weight excluding hydrogens is 726 g/mol. The number of carbonyl (C=O) groups excluding carboxylic acids is 2. The van der Waals surface area contributed by atoms with E-state index in [2.05, 4.69) is 43.3 Å². The second kappa shape index (κ2) is 15.1. The first kappa shape index (κ1) is 37.2. The van der Waals surface area contributed by atoms with E-state index in [0.29, 0.717) is 55.7 Å². The van der Waals surface area contributed by atoms with Crippen LogP contribution in [-0.2, 0) is 44.2 Å². The highest BCUT2D eigenvalue weighted by Crippen LogP contribution is 2.47. The smallest absolute Gasteiger partial charge is 0.286 e. The van der Waals surface area contributed by atoms with Crippen LogP contribution in [0, 0.1) is 17.8 Å². The second-order valence-electron chi connectivity index (χ2n) is 16.0. The summed E-state index contributed by atoms with van der Waals surface area (Å²) in [7, 11) is -0.139. The molecule has 2 amide bonds. The molecule has 1 N–H and O–H groups in total. The van der Waals surface area contributed by atoms with Gasteiger partial charge in [0.25, 0.3) is 11.8 Å². The van der Waals surface area contributed by atoms with Crippen molar-refractivity contribution in [2.24, 2.45) is 22.1 Å². The number of fused-ring (bicyclic) bond motifs is 5. The summed E-state index contributed by atoms with van der Waals surface area (Å²) in [5, 5.41) is 0.739. The Balaban J connectivity index is 1.17. The highest BCUT2D eigenvalue weighted by atomic mass is 35.5. The molecule has 1 saturated carbocycles. The number of halogens is 1. The fraction of sp³-hybridized carbons (Fsp3) is 0.537. The Bertz CT molecular complexity index is 2090. The number of aryl methyl sites for hydroxylation is 2. The van der Waals surface area contributed by atoms with E-state index in [1.54, 1.807) is 26.5 Å². The van der Waals surface area contributed by atoms with E-state index in [0.717, 1.165) is 61.6 Å². The minimum atomic E-state index is -3.58. The summed E-state index contributed by atoms with van der Waals surface area (Å²) in [6.07, 6.45) is 12.9. The van der Waals surface area contributed by atoms with Crippen molar-refractivity contribution >= 4 is 39.0 Å². The lowest BCUT2D eigenvalue weighted by Crippen LogP contribution is -2.49. The Kier molecular flexibility index (Phi) is 10.4. The number of anilines is 1. The van der Waals surface area contributed by atoms with Crippen LogP contribution in [0.25, 0.3) is 0 Å². The Morgan fingerprint density at radius 1 is 1.13 bits per heavy atom. The van der Waals surface area contributed by atoms with Gasteiger partial charge in [-0.05, 0) is 104 Å². The molecule has 0 radical (unpaired) electrons. The number of hydrogen-bond donors (Lipinski definition) is 1. The van der Waals surface area contributed by atoms with Crippen molar-refractivity contribution in [2.75, 3.05) is 44.6 Å². The standard InChI is InChI=1S/C41H50ClN5O6S/c1-26-6-4-8-36(52-3)32-12-9-29(32)21-47-24-41(16-5-7-27-18-30(42)11-13-33(27)41)25-53-37-14-10-28(19-35(37)47)39(48)44-54(50,23-26)45-40(49)34-22-46-17-15-31(51-2)20-38(46)43-34/h4,8,10-11,13-14,18-19,22,26,29,31-32,36H,5-7,9,12,15-17,20-21,23-25H2,1-3H3,(H,44,45,48,49,50)/b8-4+/t26-,29-,31?,32+,36-,41-,54?/m0/s1. The van der Waals surface area contributed by atoms with E-state index in [1.807, 2.05) is 29.7 Å². The maximum absolute atomic E-state index is 14.7. The minimum Gasteiger partial charge on any atom is -0.490 e. The number of nitrogens with zero attached hydrogens (tertiary/aromatic N) is 4. The Morgan fingerprint density at radius 3 is 2.80 bits per heavy atom. The quantitative estimate of drug-likeness (QED) is 0.296. The number of hydrogen-bond acceptors (Lipinski definition) is 8. The maximum Gasteiger partial charge on any atom is 0.286 e. The number of carbonyl (C=O) groups is 2. The van der Waals surface area contributed by atoms with E-state index in [9.17, 15) is 13.8 Å². The van der Waals surface area contributed by atoms with Gasteiger partial charge in [0.1, 0.15) is 27.2 Å². The summed E-state index contributed by atoms with van der Waals surface area (Å²) in [4.78, 5) is 34.8. The predicted octanol–water partition coefficient (Wildman–Crippen LogP) is 6.56. The first-order valence-electron chi connectivity index (χ1n) is 19.3. The summed E-state index contributed by atoms with van der Waals surface area (Å²) in [5.74, 6) is 0.704. The topological polar surface area (TPSA) is 124 Å². The van der Waals surface area contributed by atoms with Crippen molar-refractivity contribution in [2.45, 2.75) is 82.5 Å². The van der Waals surface area contributed by atoms with Crippen molar-refractivity contribution in [1.29, 1.82) is 0 Å². The molecule has 0 saturated heterocycles. The first-order chi connectivity index (χ1) is 26.0. The van der Waals surface area contributed by atoms with Gasteiger partial charge in [0.05, 0.1) is 30.3 Å². The number of rotatable bonds is 4. The number of imidazole rings is 1. The largest absolute Gasteiger partial charge is 0.490 e. The molecule has 5 aliphatic rings. The van der Waals surface area contributed by atoms with Gasteiger partial charge in [-0.3, -0.25) is 14.3 Å². The van der Waals surface area contributed by atoms with Gasteiger partial charge in [0, 0.05) is 62.5 Å². The molecule has 11 nitrogen and oxygen atoms in total. The average Bonchev–Trinajstić information content (AvgIpc) is 3.51. The van der Waals surface area contributed by atoms with Crippen LogP contribution in [0.4, 0.5) is 5.69 Å².